The van der Waals surface area contributed by atoms with Gasteiger partial charge < -0.3 is 11.1 Å². The topological polar surface area (TPSA) is 55.1 Å². The lowest BCUT2D eigenvalue weighted by molar-refractivity contribution is -0.127. The average molecular weight is 315 g/mol. The Hall–Kier alpha value is -0.770. The summed E-state index contributed by atoms with van der Waals surface area (Å²) in [6, 6.07) is 5.05. The standard InChI is InChI=1S/C15H20Cl2N2O/c1-10-4-6-15(9-18,7-5-10)14(20)19-13-3-2-11(16)8-12(13)17/h2-3,8,10H,4-7,9,18H2,1H3,(H,19,20). The van der Waals surface area contributed by atoms with Crippen molar-refractivity contribution in [1.29, 1.82) is 0 Å². The van der Waals surface area contributed by atoms with Crippen molar-refractivity contribution in [2.75, 3.05) is 11.9 Å². The molecule has 0 bridgehead atoms. The van der Waals surface area contributed by atoms with E-state index < -0.39 is 5.41 Å². The molecule has 3 nitrogen and oxygen atoms in total. The number of nitrogens with two attached hydrogens (primary N) is 1. The number of nitrogens with one attached hydrogen (secondary N) is 1. The van der Waals surface area contributed by atoms with Crippen LogP contribution in [0.5, 0.6) is 0 Å². The first-order chi connectivity index (χ1) is 9.47. The van der Waals surface area contributed by atoms with Crippen molar-refractivity contribution < 1.29 is 4.79 Å². The summed E-state index contributed by atoms with van der Waals surface area (Å²) in [5.74, 6) is 0.637. The van der Waals surface area contributed by atoms with Crippen molar-refractivity contribution >= 4 is 34.8 Å². The van der Waals surface area contributed by atoms with E-state index in [0.29, 0.717) is 28.2 Å². The van der Waals surface area contributed by atoms with E-state index in [1.165, 1.54) is 0 Å². The van der Waals surface area contributed by atoms with Gasteiger partial charge in [0.25, 0.3) is 0 Å². The molecular formula is C15H20Cl2N2O. The lowest BCUT2D eigenvalue weighted by Crippen LogP contribution is -2.44. The maximum atomic E-state index is 12.6. The van der Waals surface area contributed by atoms with Crippen molar-refractivity contribution in [3.05, 3.63) is 28.2 Å². The van der Waals surface area contributed by atoms with Gasteiger partial charge in [0.15, 0.2) is 0 Å². The molecule has 0 unspecified atom stereocenters. The highest BCUT2D eigenvalue weighted by Gasteiger charge is 2.39. The molecule has 0 aliphatic heterocycles. The van der Waals surface area contributed by atoms with E-state index in [2.05, 4.69) is 12.2 Å². The summed E-state index contributed by atoms with van der Waals surface area (Å²) in [6.07, 6.45) is 3.75. The molecule has 0 heterocycles. The quantitative estimate of drug-likeness (QED) is 0.883. The molecule has 5 heteroatoms. The van der Waals surface area contributed by atoms with E-state index in [9.17, 15) is 4.79 Å². The largest absolute Gasteiger partial charge is 0.329 e. The number of carbonyl (C=O) groups excluding carboxylic acids is 1. The molecule has 20 heavy (non-hydrogen) atoms. The van der Waals surface area contributed by atoms with Gasteiger partial charge >= 0.3 is 0 Å². The summed E-state index contributed by atoms with van der Waals surface area (Å²) >= 11 is 11.9. The van der Waals surface area contributed by atoms with Crippen LogP contribution in [0.25, 0.3) is 0 Å². The molecule has 1 aliphatic rings. The van der Waals surface area contributed by atoms with Gasteiger partial charge in [0.1, 0.15) is 0 Å². The summed E-state index contributed by atoms with van der Waals surface area (Å²) in [6.45, 7) is 2.59. The molecule has 3 N–H and O–H groups in total. The fourth-order valence-corrected chi connectivity index (χ4v) is 3.14. The molecule has 1 aliphatic carbocycles. The molecule has 1 aromatic rings. The monoisotopic (exact) mass is 314 g/mol. The number of hydrogen-bond acceptors (Lipinski definition) is 2. The Morgan fingerprint density at radius 1 is 1.40 bits per heavy atom. The third-order valence-electron chi connectivity index (χ3n) is 4.28. The van der Waals surface area contributed by atoms with Crippen molar-refractivity contribution in [3.8, 4) is 0 Å². The first-order valence-corrected chi connectivity index (χ1v) is 7.69. The molecule has 0 aromatic heterocycles. The minimum absolute atomic E-state index is 0.0314. The van der Waals surface area contributed by atoms with Crippen LogP contribution in [0.4, 0.5) is 5.69 Å². The van der Waals surface area contributed by atoms with Gasteiger partial charge in [0, 0.05) is 11.6 Å². The Kier molecular flexibility index (Phi) is 4.95. The molecule has 110 valence electrons. The van der Waals surface area contributed by atoms with Gasteiger partial charge in [0.05, 0.1) is 16.1 Å². The van der Waals surface area contributed by atoms with Crippen molar-refractivity contribution in [2.24, 2.45) is 17.1 Å². The van der Waals surface area contributed by atoms with Crippen LogP contribution in [0.3, 0.4) is 0 Å². The van der Waals surface area contributed by atoms with Gasteiger partial charge in [-0.1, -0.05) is 30.1 Å². The average Bonchev–Trinajstić information content (AvgIpc) is 2.43. The maximum Gasteiger partial charge on any atom is 0.231 e. The third kappa shape index (κ3) is 3.27. The molecule has 1 saturated carbocycles. The van der Waals surface area contributed by atoms with E-state index in [0.717, 1.165) is 25.7 Å². The maximum absolute atomic E-state index is 12.6. The van der Waals surface area contributed by atoms with E-state index >= 15 is 0 Å². The zero-order valence-corrected chi connectivity index (χ0v) is 13.1. The molecule has 1 fully saturated rings. The number of carbonyl (C=O) groups is 1. The summed E-state index contributed by atoms with van der Waals surface area (Å²) in [4.78, 5) is 12.6. The zero-order chi connectivity index (χ0) is 14.8. The molecule has 0 saturated heterocycles. The molecule has 1 amide bonds. The fourth-order valence-electron chi connectivity index (χ4n) is 2.68. The van der Waals surface area contributed by atoms with Crippen LogP contribution in [0.15, 0.2) is 18.2 Å². The smallest absolute Gasteiger partial charge is 0.231 e. The van der Waals surface area contributed by atoms with Crippen LogP contribution in [0.2, 0.25) is 10.0 Å². The molecule has 1 aromatic carbocycles. The Morgan fingerprint density at radius 3 is 2.60 bits per heavy atom. The van der Waals surface area contributed by atoms with Gasteiger partial charge in [-0.05, 0) is 49.8 Å². The van der Waals surface area contributed by atoms with Gasteiger partial charge in [0.2, 0.25) is 5.91 Å². The molecule has 2 rings (SSSR count). The highest BCUT2D eigenvalue weighted by Crippen LogP contribution is 2.39. The lowest BCUT2D eigenvalue weighted by Gasteiger charge is -2.37. The SMILES string of the molecule is CC1CCC(CN)(C(=O)Nc2ccc(Cl)cc2Cl)CC1. The zero-order valence-electron chi connectivity index (χ0n) is 11.6. The fraction of sp³-hybridized carbons (Fsp3) is 0.533. The van der Waals surface area contributed by atoms with Crippen LogP contribution in [-0.4, -0.2) is 12.5 Å². The van der Waals surface area contributed by atoms with Crippen LogP contribution in [-0.2, 0) is 4.79 Å². The number of hydrogen-bond donors (Lipinski definition) is 2. The van der Waals surface area contributed by atoms with Crippen molar-refractivity contribution in [1.82, 2.24) is 0 Å². The predicted molar refractivity (Wildman–Crippen MR) is 84.2 cm³/mol. The number of amides is 1. The van der Waals surface area contributed by atoms with E-state index in [-0.39, 0.29) is 5.91 Å². The first-order valence-electron chi connectivity index (χ1n) is 6.93. The Labute approximate surface area is 129 Å². The molecular weight excluding hydrogens is 295 g/mol. The van der Waals surface area contributed by atoms with E-state index in [1.807, 2.05) is 0 Å². The Bertz CT molecular complexity index is 497. The minimum Gasteiger partial charge on any atom is -0.329 e. The van der Waals surface area contributed by atoms with E-state index in [1.54, 1.807) is 18.2 Å². The lowest BCUT2D eigenvalue weighted by atomic mass is 9.70. The van der Waals surface area contributed by atoms with Gasteiger partial charge in [-0.2, -0.15) is 0 Å². The van der Waals surface area contributed by atoms with Crippen LogP contribution in [0.1, 0.15) is 32.6 Å². The van der Waals surface area contributed by atoms with E-state index in [4.69, 9.17) is 28.9 Å². The molecule has 0 atom stereocenters. The van der Waals surface area contributed by atoms with Crippen LogP contribution < -0.4 is 11.1 Å². The summed E-state index contributed by atoms with van der Waals surface area (Å²) in [5, 5.41) is 3.90. The van der Waals surface area contributed by atoms with Gasteiger partial charge in [-0.3, -0.25) is 4.79 Å². The number of anilines is 1. The minimum atomic E-state index is -0.463. The van der Waals surface area contributed by atoms with Crippen molar-refractivity contribution in [3.63, 3.8) is 0 Å². The normalized spacial score (nSPS) is 26.3. The highest BCUT2D eigenvalue weighted by atomic mass is 35.5. The predicted octanol–water partition coefficient (Wildman–Crippen LogP) is 4.09. The second-order valence-electron chi connectivity index (χ2n) is 5.75. The van der Waals surface area contributed by atoms with Crippen molar-refractivity contribution in [2.45, 2.75) is 32.6 Å². The number of rotatable bonds is 3. The van der Waals surface area contributed by atoms with Crippen LogP contribution >= 0.6 is 23.2 Å². The summed E-state index contributed by atoms with van der Waals surface area (Å²) < 4.78 is 0. The number of benzene rings is 1. The van der Waals surface area contributed by atoms with Gasteiger partial charge in [-0.25, -0.2) is 0 Å². The highest BCUT2D eigenvalue weighted by molar-refractivity contribution is 6.36. The second-order valence-corrected chi connectivity index (χ2v) is 6.59. The second kappa shape index (κ2) is 6.33. The van der Waals surface area contributed by atoms with Gasteiger partial charge in [-0.15, -0.1) is 0 Å². The summed E-state index contributed by atoms with van der Waals surface area (Å²) in [7, 11) is 0. The number of halogens is 2. The Morgan fingerprint density at radius 2 is 2.05 bits per heavy atom. The Balaban J connectivity index is 2.13. The molecule has 0 spiro atoms. The third-order valence-corrected chi connectivity index (χ3v) is 4.83. The summed E-state index contributed by atoms with van der Waals surface area (Å²) in [5.41, 5.74) is 6.01. The van der Waals surface area contributed by atoms with Crippen LogP contribution in [0, 0.1) is 11.3 Å². The first kappa shape index (κ1) is 15.6. The molecule has 0 radical (unpaired) electrons.